The number of aromatic nitrogens is 1. The zero-order chi connectivity index (χ0) is 17.8. The minimum absolute atomic E-state index is 0.113. The van der Waals surface area contributed by atoms with E-state index in [1.807, 2.05) is 13.8 Å². The fourth-order valence-electron chi connectivity index (χ4n) is 4.19. The number of alkyl halides is 2. The van der Waals surface area contributed by atoms with E-state index in [1.165, 1.54) is 19.4 Å². The van der Waals surface area contributed by atoms with Crippen molar-refractivity contribution in [2.45, 2.75) is 51.5 Å². The van der Waals surface area contributed by atoms with Gasteiger partial charge in [-0.25, -0.2) is 13.8 Å². The zero-order valence-electron chi connectivity index (χ0n) is 14.0. The molecule has 0 aliphatic heterocycles. The van der Waals surface area contributed by atoms with Crippen LogP contribution >= 0.6 is 0 Å². The fraction of sp³-hybridized carbons (Fsp3) is 0.647. The number of pyridine rings is 1. The molecule has 2 fully saturated rings. The first-order valence-corrected chi connectivity index (χ1v) is 8.00. The molecule has 2 N–H and O–H groups in total. The van der Waals surface area contributed by atoms with Crippen molar-refractivity contribution in [3.8, 4) is 11.5 Å². The third-order valence-electron chi connectivity index (χ3n) is 5.12. The lowest BCUT2D eigenvalue weighted by Gasteiger charge is -2.41. The van der Waals surface area contributed by atoms with Crippen LogP contribution in [0.15, 0.2) is 12.3 Å². The normalized spacial score (nSPS) is 30.0. The van der Waals surface area contributed by atoms with Gasteiger partial charge >= 0.3 is 0 Å². The van der Waals surface area contributed by atoms with Crippen LogP contribution < -0.4 is 10.1 Å². The van der Waals surface area contributed by atoms with Crippen LogP contribution in [-0.2, 0) is 0 Å². The predicted octanol–water partition coefficient (Wildman–Crippen LogP) is 3.13. The summed E-state index contributed by atoms with van der Waals surface area (Å²) in [6, 6.07) is 1.07. The van der Waals surface area contributed by atoms with Gasteiger partial charge in [0.2, 0.25) is 0 Å². The first-order valence-electron chi connectivity index (χ1n) is 8.00. The molecule has 0 radical (unpaired) electrons. The Morgan fingerprint density at radius 3 is 2.62 bits per heavy atom. The molecule has 7 heteroatoms. The van der Waals surface area contributed by atoms with Crippen LogP contribution in [0.5, 0.6) is 11.5 Å². The summed E-state index contributed by atoms with van der Waals surface area (Å²) in [5, 5.41) is 12.8. The van der Waals surface area contributed by atoms with E-state index in [4.69, 9.17) is 4.74 Å². The maximum absolute atomic E-state index is 13.8. The van der Waals surface area contributed by atoms with Gasteiger partial charge in [0.25, 0.3) is 11.8 Å². The SMILES string of the molecule is COc1ccnc(C(=O)NC2CC(C)(C)CC3(C2)CC3(F)F)c1O. The lowest BCUT2D eigenvalue weighted by atomic mass is 9.68. The Morgan fingerprint density at radius 1 is 1.38 bits per heavy atom. The molecular formula is C17H22F2N2O3. The van der Waals surface area contributed by atoms with E-state index in [0.29, 0.717) is 12.8 Å². The summed E-state index contributed by atoms with van der Waals surface area (Å²) >= 11 is 0. The first-order chi connectivity index (χ1) is 11.1. The second kappa shape index (κ2) is 5.29. The van der Waals surface area contributed by atoms with Crippen molar-refractivity contribution >= 4 is 5.91 Å². The lowest BCUT2D eigenvalue weighted by molar-refractivity contribution is 0.00976. The molecule has 2 saturated carbocycles. The van der Waals surface area contributed by atoms with Crippen LogP contribution in [0.25, 0.3) is 0 Å². The van der Waals surface area contributed by atoms with E-state index in [9.17, 15) is 18.7 Å². The molecule has 2 atom stereocenters. The summed E-state index contributed by atoms with van der Waals surface area (Å²) in [4.78, 5) is 16.3. The highest BCUT2D eigenvalue weighted by molar-refractivity contribution is 5.95. The number of hydrogen-bond donors (Lipinski definition) is 2. The Hall–Kier alpha value is -1.92. The van der Waals surface area contributed by atoms with Crippen molar-refractivity contribution < 1.29 is 23.4 Å². The first kappa shape index (κ1) is 16.9. The Balaban J connectivity index is 1.77. The number of rotatable bonds is 3. The van der Waals surface area contributed by atoms with Gasteiger partial charge in [-0.2, -0.15) is 0 Å². The Morgan fingerprint density at radius 2 is 2.04 bits per heavy atom. The van der Waals surface area contributed by atoms with Crippen LogP contribution in [0, 0.1) is 10.8 Å². The largest absolute Gasteiger partial charge is 0.503 e. The molecule has 1 aromatic heterocycles. The summed E-state index contributed by atoms with van der Waals surface area (Å²) in [5.74, 6) is -3.43. The molecule has 0 aromatic carbocycles. The number of halogens is 2. The van der Waals surface area contributed by atoms with E-state index in [0.717, 1.165) is 0 Å². The quantitative estimate of drug-likeness (QED) is 0.887. The second-order valence-electron chi connectivity index (χ2n) is 7.79. The minimum Gasteiger partial charge on any atom is -0.503 e. The molecule has 132 valence electrons. The number of nitrogens with zero attached hydrogens (tertiary/aromatic N) is 1. The summed E-state index contributed by atoms with van der Waals surface area (Å²) in [6.07, 6.45) is 2.57. The van der Waals surface area contributed by atoms with Crippen molar-refractivity contribution in [2.24, 2.45) is 10.8 Å². The number of nitrogens with one attached hydrogen (secondary N) is 1. The van der Waals surface area contributed by atoms with Crippen LogP contribution in [0.4, 0.5) is 8.78 Å². The number of methoxy groups -OCH3 is 1. The molecule has 1 aromatic rings. The molecule has 24 heavy (non-hydrogen) atoms. The average Bonchev–Trinajstić information content (AvgIpc) is 2.95. The fourth-order valence-corrected chi connectivity index (χ4v) is 4.19. The maximum atomic E-state index is 13.8. The van der Waals surface area contributed by atoms with Gasteiger partial charge in [0, 0.05) is 30.1 Å². The van der Waals surface area contributed by atoms with Gasteiger partial charge in [-0.1, -0.05) is 13.8 Å². The second-order valence-corrected chi connectivity index (χ2v) is 7.79. The number of hydrogen-bond acceptors (Lipinski definition) is 4. The summed E-state index contributed by atoms with van der Waals surface area (Å²) < 4.78 is 32.6. The zero-order valence-corrected chi connectivity index (χ0v) is 14.0. The highest BCUT2D eigenvalue weighted by Crippen LogP contribution is 2.70. The monoisotopic (exact) mass is 340 g/mol. The predicted molar refractivity (Wildman–Crippen MR) is 83.3 cm³/mol. The van der Waals surface area contributed by atoms with E-state index in [1.54, 1.807) is 0 Å². The van der Waals surface area contributed by atoms with Gasteiger partial charge in [-0.05, 0) is 24.7 Å². The number of carbonyl (C=O) groups is 1. The summed E-state index contributed by atoms with van der Waals surface area (Å²) in [6.45, 7) is 3.89. The smallest absolute Gasteiger partial charge is 0.274 e. The minimum atomic E-state index is -2.65. The highest BCUT2D eigenvalue weighted by atomic mass is 19.3. The molecule has 5 nitrogen and oxygen atoms in total. The van der Waals surface area contributed by atoms with Crippen molar-refractivity contribution in [2.75, 3.05) is 7.11 Å². The third kappa shape index (κ3) is 2.80. The van der Waals surface area contributed by atoms with E-state index in [2.05, 4.69) is 10.3 Å². The van der Waals surface area contributed by atoms with Crippen molar-refractivity contribution in [1.29, 1.82) is 0 Å². The van der Waals surface area contributed by atoms with Crippen LogP contribution in [-0.4, -0.2) is 35.1 Å². The molecule has 1 spiro atoms. The lowest BCUT2D eigenvalue weighted by Crippen LogP contribution is -2.45. The number of ether oxygens (including phenoxy) is 1. The van der Waals surface area contributed by atoms with Gasteiger partial charge < -0.3 is 15.2 Å². The maximum Gasteiger partial charge on any atom is 0.274 e. The Labute approximate surface area is 139 Å². The van der Waals surface area contributed by atoms with Crippen molar-refractivity contribution in [3.05, 3.63) is 18.0 Å². The van der Waals surface area contributed by atoms with E-state index in [-0.39, 0.29) is 41.5 Å². The van der Waals surface area contributed by atoms with Crippen molar-refractivity contribution in [1.82, 2.24) is 10.3 Å². The summed E-state index contributed by atoms with van der Waals surface area (Å²) in [7, 11) is 1.37. The molecule has 2 unspecified atom stereocenters. The van der Waals surface area contributed by atoms with Gasteiger partial charge in [-0.3, -0.25) is 4.79 Å². The Bertz CT molecular complexity index is 678. The van der Waals surface area contributed by atoms with E-state index < -0.39 is 17.2 Å². The molecule has 2 aliphatic rings. The highest BCUT2D eigenvalue weighted by Gasteiger charge is 2.73. The standard InChI is InChI=1S/C17H22F2N2O3/c1-15(2)6-10(7-16(8-15)9-17(16,18)19)21-14(23)12-13(22)11(24-3)4-5-20-12/h4-5,10,22H,6-9H2,1-3H3,(H,21,23). The molecule has 0 bridgehead atoms. The molecular weight excluding hydrogens is 318 g/mol. The molecule has 3 rings (SSSR count). The summed E-state index contributed by atoms with van der Waals surface area (Å²) in [5.41, 5.74) is -1.44. The Kier molecular flexibility index (Phi) is 3.73. The molecule has 2 aliphatic carbocycles. The number of carbonyl (C=O) groups excluding carboxylic acids is 1. The van der Waals surface area contributed by atoms with Crippen LogP contribution in [0.1, 0.15) is 50.0 Å². The van der Waals surface area contributed by atoms with Crippen molar-refractivity contribution in [3.63, 3.8) is 0 Å². The molecule has 1 heterocycles. The van der Waals surface area contributed by atoms with Crippen LogP contribution in [0.3, 0.4) is 0 Å². The number of aromatic hydroxyl groups is 1. The topological polar surface area (TPSA) is 71.5 Å². The number of amides is 1. The van der Waals surface area contributed by atoms with Gasteiger partial charge in [0.05, 0.1) is 7.11 Å². The van der Waals surface area contributed by atoms with Gasteiger partial charge in [0.1, 0.15) is 0 Å². The molecule has 1 amide bonds. The average molecular weight is 340 g/mol. The third-order valence-corrected chi connectivity index (χ3v) is 5.12. The van der Waals surface area contributed by atoms with Crippen LogP contribution in [0.2, 0.25) is 0 Å². The van der Waals surface area contributed by atoms with Gasteiger partial charge in [0.15, 0.2) is 17.2 Å². The van der Waals surface area contributed by atoms with E-state index >= 15 is 0 Å². The molecule has 0 saturated heterocycles. The van der Waals surface area contributed by atoms with Gasteiger partial charge in [-0.15, -0.1) is 0 Å².